The molecule has 0 saturated carbocycles. The van der Waals surface area contributed by atoms with Crippen molar-refractivity contribution < 1.29 is 23.1 Å². The number of furan rings is 1. The number of ether oxygens (including phenoxy) is 2. The lowest BCUT2D eigenvalue weighted by Gasteiger charge is -2.42. The fourth-order valence-electron chi connectivity index (χ4n) is 4.55. The normalized spacial score (nSPS) is 16.7. The number of halogens is 1. The van der Waals surface area contributed by atoms with E-state index in [1.807, 2.05) is 12.1 Å². The van der Waals surface area contributed by atoms with Crippen LogP contribution in [0.4, 0.5) is 4.39 Å². The summed E-state index contributed by atoms with van der Waals surface area (Å²) in [5.41, 5.74) is 3.27. The molecule has 0 aliphatic carbocycles. The number of fused-ring (bicyclic) bond motifs is 1. The lowest BCUT2D eigenvalue weighted by molar-refractivity contribution is 0.0833. The Morgan fingerprint density at radius 2 is 1.91 bits per heavy atom. The van der Waals surface area contributed by atoms with Gasteiger partial charge in [-0.1, -0.05) is 19.1 Å². The highest BCUT2D eigenvalue weighted by molar-refractivity contribution is 5.91. The highest BCUT2D eigenvalue weighted by Gasteiger charge is 2.35. The maximum atomic E-state index is 13.5. The van der Waals surface area contributed by atoms with Gasteiger partial charge in [-0.25, -0.2) is 4.39 Å². The van der Waals surface area contributed by atoms with Gasteiger partial charge in [0.25, 0.3) is 5.91 Å². The Bertz CT molecular complexity index is 1080. The van der Waals surface area contributed by atoms with Crippen molar-refractivity contribution in [3.05, 3.63) is 83.1 Å². The summed E-state index contributed by atoms with van der Waals surface area (Å²) in [6, 6.07) is 13.7. The number of carbonyl (C=O) groups is 1. The van der Waals surface area contributed by atoms with Gasteiger partial charge in [0, 0.05) is 19.1 Å². The third-order valence-electron chi connectivity index (χ3n) is 6.21. The molecular weight excluding hydrogens is 423 g/mol. The molecule has 0 unspecified atom stereocenters. The molecule has 1 amide bonds. The molecule has 0 bridgehead atoms. The first-order valence-electron chi connectivity index (χ1n) is 11.1. The van der Waals surface area contributed by atoms with Gasteiger partial charge >= 0.3 is 0 Å². The Morgan fingerprint density at radius 1 is 1.18 bits per heavy atom. The van der Waals surface area contributed by atoms with Crippen LogP contribution >= 0.6 is 0 Å². The summed E-state index contributed by atoms with van der Waals surface area (Å²) < 4.78 is 29.9. The SMILES string of the molecule is CC[C@H](NC(=O)c1ccco1)[C@@H]1c2cc(OC)c(OC)cc2CCN1Cc1ccc(F)cc1. The predicted molar refractivity (Wildman–Crippen MR) is 123 cm³/mol. The third-order valence-corrected chi connectivity index (χ3v) is 6.21. The number of benzene rings is 2. The molecule has 6 nitrogen and oxygen atoms in total. The number of nitrogens with one attached hydrogen (secondary N) is 1. The molecule has 174 valence electrons. The van der Waals surface area contributed by atoms with Gasteiger partial charge in [-0.3, -0.25) is 9.69 Å². The van der Waals surface area contributed by atoms with E-state index in [-0.39, 0.29) is 29.6 Å². The van der Waals surface area contributed by atoms with Crippen LogP contribution in [-0.4, -0.2) is 37.6 Å². The van der Waals surface area contributed by atoms with Crippen molar-refractivity contribution in [1.29, 1.82) is 0 Å². The van der Waals surface area contributed by atoms with Crippen LogP contribution in [0.2, 0.25) is 0 Å². The lowest BCUT2D eigenvalue weighted by Crippen LogP contribution is -2.48. The highest BCUT2D eigenvalue weighted by atomic mass is 19.1. The number of methoxy groups -OCH3 is 2. The van der Waals surface area contributed by atoms with Crippen molar-refractivity contribution in [2.45, 2.75) is 38.4 Å². The van der Waals surface area contributed by atoms with Gasteiger partial charge in [0.05, 0.1) is 26.5 Å². The zero-order valence-electron chi connectivity index (χ0n) is 19.1. The van der Waals surface area contributed by atoms with Crippen LogP contribution in [0, 0.1) is 5.82 Å². The second kappa shape index (κ2) is 10.1. The summed E-state index contributed by atoms with van der Waals surface area (Å²) >= 11 is 0. The average Bonchev–Trinajstić information content (AvgIpc) is 3.38. The summed E-state index contributed by atoms with van der Waals surface area (Å²) in [6.45, 7) is 3.47. The summed E-state index contributed by atoms with van der Waals surface area (Å²) in [7, 11) is 3.25. The summed E-state index contributed by atoms with van der Waals surface area (Å²) in [4.78, 5) is 15.2. The quantitative estimate of drug-likeness (QED) is 0.535. The van der Waals surface area contributed by atoms with E-state index in [0.717, 1.165) is 24.1 Å². The van der Waals surface area contributed by atoms with Crippen LogP contribution < -0.4 is 14.8 Å². The van der Waals surface area contributed by atoms with Crippen molar-refractivity contribution >= 4 is 5.91 Å². The fraction of sp³-hybridized carbons (Fsp3) is 0.346. The van der Waals surface area contributed by atoms with Crippen LogP contribution in [0.25, 0.3) is 0 Å². The largest absolute Gasteiger partial charge is 0.493 e. The standard InChI is InChI=1S/C26H29FN2O4/c1-4-21(28-26(30)22-6-5-13-33-22)25-20-15-24(32-3)23(31-2)14-18(20)11-12-29(25)16-17-7-9-19(27)10-8-17/h5-10,13-15,21,25H,4,11-12,16H2,1-3H3,(H,28,30)/t21-,25-/m0/s1. The Hall–Kier alpha value is -3.32. The minimum absolute atomic E-state index is 0.109. The minimum atomic E-state index is -0.256. The molecule has 0 saturated heterocycles. The van der Waals surface area contributed by atoms with Crippen molar-refractivity contribution in [2.24, 2.45) is 0 Å². The van der Waals surface area contributed by atoms with Crippen molar-refractivity contribution in [3.8, 4) is 11.5 Å². The first-order valence-corrected chi connectivity index (χ1v) is 11.1. The van der Waals surface area contributed by atoms with Gasteiger partial charge in [-0.05, 0) is 65.9 Å². The van der Waals surface area contributed by atoms with Crippen LogP contribution in [0.5, 0.6) is 11.5 Å². The topological polar surface area (TPSA) is 63.9 Å². The van der Waals surface area contributed by atoms with E-state index in [4.69, 9.17) is 13.9 Å². The van der Waals surface area contributed by atoms with E-state index in [1.54, 1.807) is 38.5 Å². The first-order chi connectivity index (χ1) is 16.0. The number of rotatable bonds is 8. The molecule has 1 aromatic heterocycles. The highest BCUT2D eigenvalue weighted by Crippen LogP contribution is 2.40. The van der Waals surface area contributed by atoms with E-state index < -0.39 is 0 Å². The maximum absolute atomic E-state index is 13.5. The zero-order chi connectivity index (χ0) is 23.4. The fourth-order valence-corrected chi connectivity index (χ4v) is 4.55. The molecule has 1 N–H and O–H groups in total. The zero-order valence-corrected chi connectivity index (χ0v) is 19.1. The molecule has 4 rings (SSSR count). The molecule has 2 aromatic carbocycles. The van der Waals surface area contributed by atoms with Crippen LogP contribution in [0.15, 0.2) is 59.2 Å². The maximum Gasteiger partial charge on any atom is 0.287 e. The summed E-state index contributed by atoms with van der Waals surface area (Å²) in [5.74, 6) is 1.11. The number of carbonyl (C=O) groups excluding carboxylic acids is 1. The predicted octanol–water partition coefficient (Wildman–Crippen LogP) is 4.74. The Morgan fingerprint density at radius 3 is 2.55 bits per heavy atom. The molecule has 0 spiro atoms. The van der Waals surface area contributed by atoms with Crippen molar-refractivity contribution in [1.82, 2.24) is 10.2 Å². The molecule has 7 heteroatoms. The summed E-state index contributed by atoms with van der Waals surface area (Å²) in [5, 5.41) is 3.16. The second-order valence-corrected chi connectivity index (χ2v) is 8.16. The van der Waals surface area contributed by atoms with Crippen LogP contribution in [0.1, 0.15) is 46.6 Å². The molecule has 0 fully saturated rings. The van der Waals surface area contributed by atoms with Gasteiger partial charge in [0.1, 0.15) is 5.82 Å². The molecule has 2 atom stereocenters. The Kier molecular flexibility index (Phi) is 6.99. The smallest absolute Gasteiger partial charge is 0.287 e. The van der Waals surface area contributed by atoms with Gasteiger partial charge in [0.15, 0.2) is 17.3 Å². The molecule has 33 heavy (non-hydrogen) atoms. The Balaban J connectivity index is 1.72. The van der Waals surface area contributed by atoms with Crippen LogP contribution in [-0.2, 0) is 13.0 Å². The molecule has 3 aromatic rings. The molecule has 1 aliphatic rings. The number of hydrogen-bond donors (Lipinski definition) is 1. The second-order valence-electron chi connectivity index (χ2n) is 8.16. The number of amides is 1. The van der Waals surface area contributed by atoms with E-state index in [2.05, 4.69) is 17.1 Å². The van der Waals surface area contributed by atoms with Gasteiger partial charge in [-0.15, -0.1) is 0 Å². The average molecular weight is 453 g/mol. The van der Waals surface area contributed by atoms with Crippen molar-refractivity contribution in [3.63, 3.8) is 0 Å². The van der Waals surface area contributed by atoms with E-state index in [0.29, 0.717) is 24.5 Å². The van der Waals surface area contributed by atoms with E-state index >= 15 is 0 Å². The molecule has 1 aliphatic heterocycles. The number of nitrogens with zero attached hydrogens (tertiary/aromatic N) is 1. The van der Waals surface area contributed by atoms with Gasteiger partial charge in [-0.2, -0.15) is 0 Å². The lowest BCUT2D eigenvalue weighted by atomic mass is 9.86. The van der Waals surface area contributed by atoms with Gasteiger partial charge in [0.2, 0.25) is 0 Å². The van der Waals surface area contributed by atoms with E-state index in [1.165, 1.54) is 24.0 Å². The molecule has 0 radical (unpaired) electrons. The van der Waals surface area contributed by atoms with Gasteiger partial charge < -0.3 is 19.2 Å². The third kappa shape index (κ3) is 4.88. The van der Waals surface area contributed by atoms with E-state index in [9.17, 15) is 9.18 Å². The minimum Gasteiger partial charge on any atom is -0.493 e. The van der Waals surface area contributed by atoms with Crippen molar-refractivity contribution in [2.75, 3.05) is 20.8 Å². The molecule has 2 heterocycles. The monoisotopic (exact) mass is 452 g/mol. The first kappa shape index (κ1) is 22.9. The number of hydrogen-bond acceptors (Lipinski definition) is 5. The molecular formula is C26H29FN2O4. The summed E-state index contributed by atoms with van der Waals surface area (Å²) in [6.07, 6.45) is 3.03. The Labute approximate surface area is 193 Å². The van der Waals surface area contributed by atoms with Crippen LogP contribution in [0.3, 0.4) is 0 Å².